The molecule has 3 rings (SSSR count). The molecule has 1 heterocycles. The highest BCUT2D eigenvalue weighted by atomic mass is 19.1. The minimum atomic E-state index is -0.249. The van der Waals surface area contributed by atoms with E-state index in [9.17, 15) is 9.50 Å². The molecule has 132 valence electrons. The molecule has 2 atom stereocenters. The van der Waals surface area contributed by atoms with E-state index in [4.69, 9.17) is 4.74 Å². The van der Waals surface area contributed by atoms with Crippen LogP contribution in [-0.2, 0) is 6.42 Å². The maximum absolute atomic E-state index is 12.2. The number of alkyl halides is 1. The number of halogens is 1. The zero-order valence-electron chi connectivity index (χ0n) is 15.1. The summed E-state index contributed by atoms with van der Waals surface area (Å²) < 4.78 is 18.5. The number of fused-ring (bicyclic) bond motifs is 3. The fourth-order valence-corrected chi connectivity index (χ4v) is 4.32. The lowest BCUT2D eigenvalue weighted by molar-refractivity contribution is 0.0107. The Morgan fingerprint density at radius 3 is 2.79 bits per heavy atom. The largest absolute Gasteiger partial charge is 0.507 e. The van der Waals surface area contributed by atoms with E-state index in [-0.39, 0.29) is 18.2 Å². The van der Waals surface area contributed by atoms with Gasteiger partial charge in [-0.25, -0.2) is 0 Å². The Bertz CT molecular complexity index is 633. The van der Waals surface area contributed by atoms with E-state index in [1.54, 1.807) is 0 Å². The number of hydrogen-bond acceptors (Lipinski definition) is 2. The monoisotopic (exact) mass is 332 g/mol. The number of unbranched alkanes of at least 4 members (excludes halogenated alkanes) is 2. The number of hydrogen-bond donors (Lipinski definition) is 1. The molecule has 1 N–H and O–H groups in total. The molecule has 0 saturated carbocycles. The number of ether oxygens (including phenoxy) is 1. The van der Waals surface area contributed by atoms with E-state index >= 15 is 0 Å². The van der Waals surface area contributed by atoms with Crippen molar-refractivity contribution < 1.29 is 14.2 Å². The van der Waals surface area contributed by atoms with Crippen molar-refractivity contribution in [1.29, 1.82) is 0 Å². The lowest BCUT2D eigenvalue weighted by atomic mass is 9.68. The van der Waals surface area contributed by atoms with Crippen molar-refractivity contribution in [1.82, 2.24) is 0 Å². The molecule has 0 fully saturated rings. The van der Waals surface area contributed by atoms with Crippen LogP contribution in [0.25, 0.3) is 0 Å². The number of aromatic hydroxyl groups is 1. The highest BCUT2D eigenvalue weighted by Gasteiger charge is 2.45. The summed E-state index contributed by atoms with van der Waals surface area (Å²) in [6.45, 7) is 6.25. The Morgan fingerprint density at radius 2 is 2.04 bits per heavy atom. The minimum absolute atomic E-state index is 0.228. The number of phenolic OH excluding ortho intramolecular Hbond substituents is 1. The first-order valence-corrected chi connectivity index (χ1v) is 9.20. The third-order valence-electron chi connectivity index (χ3n) is 5.63. The van der Waals surface area contributed by atoms with Gasteiger partial charge in [-0.3, -0.25) is 4.39 Å². The molecular weight excluding hydrogens is 303 g/mol. The first kappa shape index (κ1) is 17.3. The summed E-state index contributed by atoms with van der Waals surface area (Å²) in [5.74, 6) is 1.81. The topological polar surface area (TPSA) is 29.5 Å². The van der Waals surface area contributed by atoms with Gasteiger partial charge in [0.1, 0.15) is 17.1 Å². The van der Waals surface area contributed by atoms with Crippen molar-refractivity contribution in [2.75, 3.05) is 6.67 Å². The third kappa shape index (κ3) is 3.31. The van der Waals surface area contributed by atoms with Crippen LogP contribution in [0.1, 0.15) is 69.9 Å². The summed E-state index contributed by atoms with van der Waals surface area (Å²) in [5, 5.41) is 10.7. The predicted octanol–water partition coefficient (Wildman–Crippen LogP) is 5.69. The van der Waals surface area contributed by atoms with Crippen LogP contribution in [0, 0.1) is 5.92 Å². The van der Waals surface area contributed by atoms with Gasteiger partial charge in [-0.2, -0.15) is 0 Å². The van der Waals surface area contributed by atoms with Gasteiger partial charge in [0.15, 0.2) is 0 Å². The van der Waals surface area contributed by atoms with Crippen LogP contribution in [0.3, 0.4) is 0 Å². The van der Waals surface area contributed by atoms with Crippen LogP contribution >= 0.6 is 0 Å². The van der Waals surface area contributed by atoms with Gasteiger partial charge in [-0.1, -0.05) is 18.1 Å². The van der Waals surface area contributed by atoms with Crippen LogP contribution in [-0.4, -0.2) is 17.4 Å². The molecule has 1 aromatic carbocycles. The molecule has 1 aliphatic carbocycles. The van der Waals surface area contributed by atoms with Crippen LogP contribution < -0.4 is 4.74 Å². The highest BCUT2D eigenvalue weighted by Crippen LogP contribution is 2.53. The number of aryl methyl sites for hydroxylation is 1. The van der Waals surface area contributed by atoms with Crippen LogP contribution in [0.4, 0.5) is 4.39 Å². The summed E-state index contributed by atoms with van der Waals surface area (Å²) in [6, 6.07) is 3.96. The average molecular weight is 332 g/mol. The molecule has 24 heavy (non-hydrogen) atoms. The maximum Gasteiger partial charge on any atom is 0.127 e. The molecule has 1 aromatic rings. The number of rotatable bonds is 5. The third-order valence-corrected chi connectivity index (χ3v) is 5.63. The lowest BCUT2D eigenvalue weighted by Gasteiger charge is -2.46. The van der Waals surface area contributed by atoms with Gasteiger partial charge >= 0.3 is 0 Å². The molecule has 0 spiro atoms. The predicted molar refractivity (Wildman–Crippen MR) is 95.6 cm³/mol. The number of allylic oxidation sites excluding steroid dienone is 2. The van der Waals surface area contributed by atoms with Gasteiger partial charge in [0.25, 0.3) is 0 Å². The highest BCUT2D eigenvalue weighted by molar-refractivity contribution is 5.53. The number of benzene rings is 1. The zero-order chi connectivity index (χ0) is 17.3. The van der Waals surface area contributed by atoms with E-state index in [2.05, 4.69) is 32.9 Å². The zero-order valence-corrected chi connectivity index (χ0v) is 15.1. The quantitative estimate of drug-likeness (QED) is 0.555. The Hall–Kier alpha value is -1.51. The summed E-state index contributed by atoms with van der Waals surface area (Å²) in [5.41, 5.74) is 3.20. The Labute approximate surface area is 144 Å². The molecular formula is C21H29FO2. The Morgan fingerprint density at radius 1 is 1.25 bits per heavy atom. The fraction of sp³-hybridized carbons (Fsp3) is 0.619. The van der Waals surface area contributed by atoms with Crippen LogP contribution in [0.5, 0.6) is 11.5 Å². The van der Waals surface area contributed by atoms with Gasteiger partial charge in [-0.05, 0) is 70.6 Å². The molecule has 0 bridgehead atoms. The van der Waals surface area contributed by atoms with Crippen molar-refractivity contribution in [2.24, 2.45) is 5.92 Å². The van der Waals surface area contributed by atoms with E-state index in [1.807, 2.05) is 6.07 Å². The SMILES string of the molecule is CC1=C[C@H]2c3c(O)cc(CCCCCF)cc3OC(C)(C)[C@@H]2CC1. The number of phenols is 1. The van der Waals surface area contributed by atoms with Crippen LogP contribution in [0.15, 0.2) is 23.8 Å². The van der Waals surface area contributed by atoms with Crippen molar-refractivity contribution in [3.05, 3.63) is 34.9 Å². The Kier molecular flexibility index (Phi) is 4.89. The van der Waals surface area contributed by atoms with Crippen molar-refractivity contribution in [2.45, 2.75) is 70.8 Å². The molecule has 3 heteroatoms. The summed E-state index contributed by atoms with van der Waals surface area (Å²) in [6.07, 6.45) is 7.82. The molecule has 0 unspecified atom stereocenters. The molecule has 2 nitrogen and oxygen atoms in total. The summed E-state index contributed by atoms with van der Waals surface area (Å²) in [4.78, 5) is 0. The van der Waals surface area contributed by atoms with E-state index < -0.39 is 0 Å². The van der Waals surface area contributed by atoms with E-state index in [0.717, 1.165) is 49.0 Å². The molecule has 0 amide bonds. The second-order valence-electron chi connectivity index (χ2n) is 7.92. The van der Waals surface area contributed by atoms with Gasteiger partial charge in [-0.15, -0.1) is 0 Å². The van der Waals surface area contributed by atoms with Crippen LogP contribution in [0.2, 0.25) is 0 Å². The smallest absolute Gasteiger partial charge is 0.127 e. The van der Waals surface area contributed by atoms with Gasteiger partial charge in [0.2, 0.25) is 0 Å². The maximum atomic E-state index is 12.2. The normalized spacial score (nSPS) is 24.6. The first-order chi connectivity index (χ1) is 11.4. The van der Waals surface area contributed by atoms with E-state index in [1.165, 1.54) is 5.57 Å². The van der Waals surface area contributed by atoms with Gasteiger partial charge in [0, 0.05) is 17.4 Å². The molecule has 2 aliphatic rings. The lowest BCUT2D eigenvalue weighted by Crippen LogP contribution is -2.45. The summed E-state index contributed by atoms with van der Waals surface area (Å²) in [7, 11) is 0. The van der Waals surface area contributed by atoms with E-state index in [0.29, 0.717) is 18.1 Å². The average Bonchev–Trinajstić information content (AvgIpc) is 2.50. The van der Waals surface area contributed by atoms with Gasteiger partial charge < -0.3 is 9.84 Å². The molecule has 0 radical (unpaired) electrons. The summed E-state index contributed by atoms with van der Waals surface area (Å²) >= 11 is 0. The minimum Gasteiger partial charge on any atom is -0.507 e. The second kappa shape index (κ2) is 6.78. The molecule has 0 aromatic heterocycles. The fourth-order valence-electron chi connectivity index (χ4n) is 4.32. The standard InChI is InChI=1S/C21H29FO2/c1-14-8-9-17-16(11-14)20-18(23)12-15(7-5-4-6-10-22)13-19(20)24-21(17,2)3/h11-13,16-17,23H,4-10H2,1-3H3/t16-,17-/m1/s1. The molecule has 1 aliphatic heterocycles. The first-order valence-electron chi connectivity index (χ1n) is 9.20. The molecule has 0 saturated heterocycles. The van der Waals surface area contributed by atoms with Crippen molar-refractivity contribution in [3.8, 4) is 11.5 Å². The van der Waals surface area contributed by atoms with Crippen molar-refractivity contribution in [3.63, 3.8) is 0 Å². The van der Waals surface area contributed by atoms with Crippen molar-refractivity contribution >= 4 is 0 Å². The second-order valence-corrected chi connectivity index (χ2v) is 7.92. The Balaban J connectivity index is 1.91. The van der Waals surface area contributed by atoms with Gasteiger partial charge in [0.05, 0.1) is 6.67 Å².